The zero-order valence-electron chi connectivity index (χ0n) is 13.3. The quantitative estimate of drug-likeness (QED) is 0.590. The standard InChI is InChI=1S/C18H14ClN3O3/c1-22-15-5-3-12(8-16(15)25-18(22)24)21-17(23)6-10-9-20-14-4-2-11(19)7-13(10)14/h2-5,7-9,20H,6H2,1H3,(H,21,23). The van der Waals surface area contributed by atoms with Crippen molar-refractivity contribution >= 4 is 45.2 Å². The number of hydrogen-bond acceptors (Lipinski definition) is 3. The summed E-state index contributed by atoms with van der Waals surface area (Å²) in [5.74, 6) is -0.604. The highest BCUT2D eigenvalue weighted by atomic mass is 35.5. The number of nitrogens with one attached hydrogen (secondary N) is 2. The van der Waals surface area contributed by atoms with Crippen LogP contribution in [0.15, 0.2) is 51.8 Å². The van der Waals surface area contributed by atoms with E-state index in [1.807, 2.05) is 12.1 Å². The van der Waals surface area contributed by atoms with Crippen LogP contribution in [0.25, 0.3) is 22.0 Å². The SMILES string of the molecule is Cn1c(=O)oc2cc(NC(=O)Cc3c[nH]c4ccc(Cl)cc34)ccc21. The molecule has 0 radical (unpaired) electrons. The zero-order valence-corrected chi connectivity index (χ0v) is 14.1. The topological polar surface area (TPSA) is 80.0 Å². The van der Waals surface area contributed by atoms with Crippen molar-refractivity contribution in [1.29, 1.82) is 0 Å². The zero-order chi connectivity index (χ0) is 17.6. The Hall–Kier alpha value is -2.99. The van der Waals surface area contributed by atoms with Crippen molar-refractivity contribution in [3.05, 3.63) is 63.7 Å². The number of H-pyrrole nitrogens is 1. The van der Waals surface area contributed by atoms with E-state index in [1.54, 1.807) is 37.5 Å². The molecule has 0 saturated carbocycles. The van der Waals surface area contributed by atoms with Crippen LogP contribution in [0.1, 0.15) is 5.56 Å². The number of amides is 1. The summed E-state index contributed by atoms with van der Waals surface area (Å²) in [5, 5.41) is 4.37. The lowest BCUT2D eigenvalue weighted by Gasteiger charge is -2.05. The summed E-state index contributed by atoms with van der Waals surface area (Å²) < 4.78 is 6.55. The predicted molar refractivity (Wildman–Crippen MR) is 97.1 cm³/mol. The summed E-state index contributed by atoms with van der Waals surface area (Å²) >= 11 is 6.03. The van der Waals surface area contributed by atoms with Gasteiger partial charge in [0.1, 0.15) is 0 Å². The van der Waals surface area contributed by atoms with Crippen LogP contribution in [0, 0.1) is 0 Å². The lowest BCUT2D eigenvalue weighted by Crippen LogP contribution is -2.14. The van der Waals surface area contributed by atoms with Gasteiger partial charge in [0, 0.05) is 40.9 Å². The van der Waals surface area contributed by atoms with Crippen LogP contribution < -0.4 is 11.1 Å². The van der Waals surface area contributed by atoms with Gasteiger partial charge in [0.15, 0.2) is 5.58 Å². The molecule has 2 aromatic carbocycles. The van der Waals surface area contributed by atoms with Crippen LogP contribution in [-0.2, 0) is 18.3 Å². The van der Waals surface area contributed by atoms with Gasteiger partial charge < -0.3 is 14.7 Å². The number of anilines is 1. The lowest BCUT2D eigenvalue weighted by molar-refractivity contribution is -0.115. The molecule has 4 rings (SSSR count). The van der Waals surface area contributed by atoms with Gasteiger partial charge >= 0.3 is 5.76 Å². The van der Waals surface area contributed by atoms with Gasteiger partial charge in [-0.2, -0.15) is 0 Å². The maximum absolute atomic E-state index is 12.4. The van der Waals surface area contributed by atoms with Crippen LogP contribution in [0.3, 0.4) is 0 Å². The summed E-state index contributed by atoms with van der Waals surface area (Å²) in [7, 11) is 1.63. The van der Waals surface area contributed by atoms with E-state index < -0.39 is 5.76 Å². The average molecular weight is 356 g/mol. The first-order valence-electron chi connectivity index (χ1n) is 7.66. The number of hydrogen-bond donors (Lipinski definition) is 2. The molecule has 0 bridgehead atoms. The lowest BCUT2D eigenvalue weighted by atomic mass is 10.1. The Bertz CT molecular complexity index is 1170. The molecule has 6 nitrogen and oxygen atoms in total. The predicted octanol–water partition coefficient (Wildman–Crippen LogP) is 3.45. The molecule has 0 aliphatic rings. The first-order valence-corrected chi connectivity index (χ1v) is 8.04. The van der Waals surface area contributed by atoms with Gasteiger partial charge in [-0.15, -0.1) is 0 Å². The van der Waals surface area contributed by atoms with Gasteiger partial charge in [-0.25, -0.2) is 4.79 Å². The summed E-state index contributed by atoms with van der Waals surface area (Å²) in [4.78, 5) is 27.0. The van der Waals surface area contributed by atoms with Gasteiger partial charge in [0.2, 0.25) is 5.91 Å². The number of aromatic amines is 1. The summed E-state index contributed by atoms with van der Waals surface area (Å²) in [6.07, 6.45) is 2.01. The molecule has 0 fully saturated rings. The summed E-state index contributed by atoms with van der Waals surface area (Å²) in [5.41, 5.74) is 3.48. The fraction of sp³-hybridized carbons (Fsp3) is 0.111. The smallest absolute Gasteiger partial charge is 0.408 e. The second kappa shape index (κ2) is 5.82. The van der Waals surface area contributed by atoms with Crippen molar-refractivity contribution in [1.82, 2.24) is 9.55 Å². The average Bonchev–Trinajstić information content (AvgIpc) is 3.08. The monoisotopic (exact) mass is 355 g/mol. The Morgan fingerprint density at radius 1 is 1.28 bits per heavy atom. The number of halogens is 1. The molecule has 2 heterocycles. The van der Waals surface area contributed by atoms with Crippen LogP contribution in [-0.4, -0.2) is 15.5 Å². The Morgan fingerprint density at radius 3 is 2.96 bits per heavy atom. The maximum atomic E-state index is 12.4. The highest BCUT2D eigenvalue weighted by Crippen LogP contribution is 2.23. The molecule has 126 valence electrons. The van der Waals surface area contributed by atoms with Gasteiger partial charge in [0.05, 0.1) is 11.9 Å². The van der Waals surface area contributed by atoms with E-state index >= 15 is 0 Å². The van der Waals surface area contributed by atoms with Crippen molar-refractivity contribution in [2.45, 2.75) is 6.42 Å². The Labute approximate surface area is 147 Å². The molecule has 0 aliphatic carbocycles. The van der Waals surface area contributed by atoms with Crippen molar-refractivity contribution < 1.29 is 9.21 Å². The van der Waals surface area contributed by atoms with E-state index in [4.69, 9.17) is 16.0 Å². The number of aryl methyl sites for hydroxylation is 1. The molecule has 0 saturated heterocycles. The van der Waals surface area contributed by atoms with E-state index in [0.29, 0.717) is 21.8 Å². The minimum Gasteiger partial charge on any atom is -0.408 e. The highest BCUT2D eigenvalue weighted by molar-refractivity contribution is 6.31. The van der Waals surface area contributed by atoms with E-state index in [-0.39, 0.29) is 12.3 Å². The Kier molecular flexibility index (Phi) is 3.62. The minimum absolute atomic E-state index is 0.168. The molecule has 0 atom stereocenters. The molecule has 1 amide bonds. The third-order valence-corrected chi connectivity index (χ3v) is 4.39. The van der Waals surface area contributed by atoms with Crippen molar-refractivity contribution in [2.75, 3.05) is 5.32 Å². The van der Waals surface area contributed by atoms with Crippen molar-refractivity contribution in [2.24, 2.45) is 7.05 Å². The van der Waals surface area contributed by atoms with E-state index in [2.05, 4.69) is 10.3 Å². The largest absolute Gasteiger partial charge is 0.419 e. The second-order valence-corrected chi connectivity index (χ2v) is 6.27. The number of fused-ring (bicyclic) bond motifs is 2. The Balaban J connectivity index is 1.57. The molecule has 25 heavy (non-hydrogen) atoms. The van der Waals surface area contributed by atoms with Crippen LogP contribution in [0.5, 0.6) is 0 Å². The number of carbonyl (C=O) groups excluding carboxylic acids is 1. The van der Waals surface area contributed by atoms with E-state index in [9.17, 15) is 9.59 Å². The van der Waals surface area contributed by atoms with Crippen LogP contribution in [0.4, 0.5) is 5.69 Å². The molecule has 0 aliphatic heterocycles. The molecule has 2 aromatic heterocycles. The van der Waals surface area contributed by atoms with Crippen LogP contribution >= 0.6 is 11.6 Å². The first kappa shape index (κ1) is 15.5. The van der Waals surface area contributed by atoms with Gasteiger partial charge in [-0.05, 0) is 35.9 Å². The molecule has 0 spiro atoms. The molecular weight excluding hydrogens is 342 g/mol. The molecule has 0 unspecified atom stereocenters. The normalized spacial score (nSPS) is 11.3. The molecule has 4 aromatic rings. The number of benzene rings is 2. The fourth-order valence-corrected chi connectivity index (χ4v) is 3.06. The Morgan fingerprint density at radius 2 is 2.12 bits per heavy atom. The number of nitrogens with zero attached hydrogens (tertiary/aromatic N) is 1. The van der Waals surface area contributed by atoms with Gasteiger partial charge in [-0.1, -0.05) is 11.6 Å². The first-order chi connectivity index (χ1) is 12.0. The number of rotatable bonds is 3. The summed E-state index contributed by atoms with van der Waals surface area (Å²) in [6, 6.07) is 10.6. The second-order valence-electron chi connectivity index (χ2n) is 5.84. The van der Waals surface area contributed by atoms with Gasteiger partial charge in [-0.3, -0.25) is 9.36 Å². The number of carbonyl (C=O) groups is 1. The molecule has 2 N–H and O–H groups in total. The third kappa shape index (κ3) is 2.81. The van der Waals surface area contributed by atoms with Gasteiger partial charge in [0.25, 0.3) is 0 Å². The van der Waals surface area contributed by atoms with E-state index in [0.717, 1.165) is 16.5 Å². The molecule has 7 heteroatoms. The fourth-order valence-electron chi connectivity index (χ4n) is 2.89. The number of aromatic nitrogens is 2. The van der Waals surface area contributed by atoms with E-state index in [1.165, 1.54) is 4.57 Å². The van der Waals surface area contributed by atoms with Crippen molar-refractivity contribution in [3.63, 3.8) is 0 Å². The van der Waals surface area contributed by atoms with Crippen LogP contribution in [0.2, 0.25) is 5.02 Å². The highest BCUT2D eigenvalue weighted by Gasteiger charge is 2.11. The maximum Gasteiger partial charge on any atom is 0.419 e. The molecular formula is C18H14ClN3O3. The minimum atomic E-state index is -0.436. The summed E-state index contributed by atoms with van der Waals surface area (Å²) in [6.45, 7) is 0. The van der Waals surface area contributed by atoms with Crippen molar-refractivity contribution in [3.8, 4) is 0 Å². The third-order valence-electron chi connectivity index (χ3n) is 4.16. The number of oxazole rings is 1.